The van der Waals surface area contributed by atoms with E-state index in [1.807, 2.05) is 118 Å². The number of benzene rings is 6. The molecule has 82 heavy (non-hydrogen) atoms. The maximum Gasteiger partial charge on any atom is 0.430 e. The van der Waals surface area contributed by atoms with Gasteiger partial charge in [0.15, 0.2) is 0 Å². The Balaban J connectivity index is 0.000000244. The standard InChI is InChI=1S/2C27H30N6O.2C2HF3O2/c2*1-33(2,3)23-10-7-18(8-11-23)16-31-27(34)25-15-21-14-22(28)9-12-24(21)32(25)17-19-5-4-6-20(13-19)26(29)30;2*3-2(4,5)1(6)7/h2*4-15H,16-17,28H2,1-3H3,(H3-,29,30,31,34);2*(H,6,7). The van der Waals surface area contributed by atoms with E-state index in [4.69, 9.17) is 53.6 Å². The Kier molecular flexibility index (Phi) is 20.1. The number of nitrogen functional groups attached to an aromatic ring is 4. The zero-order valence-electron chi connectivity index (χ0n) is 45.5. The fourth-order valence-electron chi connectivity index (χ4n) is 8.00. The monoisotopic (exact) mass is 1140 g/mol. The second kappa shape index (κ2) is 26.1. The molecule has 12 N–H and O–H groups in total. The third-order valence-electron chi connectivity index (χ3n) is 12.3. The lowest BCUT2D eigenvalue weighted by Gasteiger charge is -2.23. The zero-order valence-corrected chi connectivity index (χ0v) is 45.5. The average Bonchev–Trinajstić information content (AvgIpc) is 4.16. The van der Waals surface area contributed by atoms with E-state index >= 15 is 0 Å². The van der Waals surface area contributed by atoms with Gasteiger partial charge in [-0.3, -0.25) is 29.4 Å². The minimum absolute atomic E-state index is 0.0150. The van der Waals surface area contributed by atoms with Crippen molar-refractivity contribution in [1.29, 1.82) is 10.8 Å². The van der Waals surface area contributed by atoms with Crippen LogP contribution in [0.3, 0.4) is 0 Å². The van der Waals surface area contributed by atoms with Gasteiger partial charge in [0, 0.05) is 70.5 Å². The second-order valence-electron chi connectivity index (χ2n) is 20.4. The van der Waals surface area contributed by atoms with Crippen molar-refractivity contribution >= 4 is 80.0 Å². The van der Waals surface area contributed by atoms with Crippen LogP contribution in [0.2, 0.25) is 0 Å². The fraction of sp³-hybridized carbons (Fsp3) is 0.207. The molecule has 24 heteroatoms. The van der Waals surface area contributed by atoms with E-state index in [0.717, 1.165) is 53.0 Å². The van der Waals surface area contributed by atoms with Gasteiger partial charge in [-0.15, -0.1) is 0 Å². The highest BCUT2D eigenvalue weighted by molar-refractivity contribution is 6.01. The number of amides is 2. The predicted octanol–water partition coefficient (Wildman–Crippen LogP) is 5.96. The number of rotatable bonds is 14. The maximum absolute atomic E-state index is 13.3. The van der Waals surface area contributed by atoms with E-state index in [-0.39, 0.29) is 23.5 Å². The van der Waals surface area contributed by atoms with Gasteiger partial charge in [0.25, 0.3) is 11.8 Å². The molecule has 0 aliphatic carbocycles. The molecule has 432 valence electrons. The minimum Gasteiger partial charge on any atom is -0.542 e. The van der Waals surface area contributed by atoms with Crippen LogP contribution in [0.5, 0.6) is 0 Å². The van der Waals surface area contributed by atoms with Crippen molar-refractivity contribution in [3.8, 4) is 0 Å². The van der Waals surface area contributed by atoms with Gasteiger partial charge >= 0.3 is 12.4 Å². The summed E-state index contributed by atoms with van der Waals surface area (Å²) in [5.41, 5.74) is 35.2. The van der Waals surface area contributed by atoms with Crippen molar-refractivity contribution < 1.29 is 55.7 Å². The molecule has 2 amide bonds. The first-order chi connectivity index (χ1) is 38.1. The molecule has 0 fully saturated rings. The molecule has 2 heterocycles. The van der Waals surface area contributed by atoms with Crippen molar-refractivity contribution in [2.24, 2.45) is 11.5 Å². The van der Waals surface area contributed by atoms with Gasteiger partial charge in [0.2, 0.25) is 0 Å². The van der Waals surface area contributed by atoms with Crippen molar-refractivity contribution in [3.63, 3.8) is 0 Å². The van der Waals surface area contributed by atoms with E-state index in [9.17, 15) is 35.9 Å². The summed E-state index contributed by atoms with van der Waals surface area (Å²) in [4.78, 5) is 44.1. The van der Waals surface area contributed by atoms with Crippen molar-refractivity contribution in [1.82, 2.24) is 28.7 Å². The average molecular weight is 1140 g/mol. The van der Waals surface area contributed by atoms with E-state index < -0.39 is 24.3 Å². The number of carboxylic acid groups (broad SMARTS) is 2. The quantitative estimate of drug-likeness (QED) is 0.0208. The molecule has 0 saturated heterocycles. The lowest BCUT2D eigenvalue weighted by atomic mass is 10.1. The molecule has 18 nitrogen and oxygen atoms in total. The second-order valence-corrected chi connectivity index (χ2v) is 20.4. The number of carbonyl (C=O) groups excluding carboxylic acids is 4. The van der Waals surface area contributed by atoms with E-state index in [2.05, 4.69) is 77.2 Å². The molecule has 0 radical (unpaired) electrons. The summed E-state index contributed by atoms with van der Waals surface area (Å²) in [6, 6.07) is 46.6. The summed E-state index contributed by atoms with van der Waals surface area (Å²) in [6.07, 6.45) is -10.4. The predicted molar refractivity (Wildman–Crippen MR) is 302 cm³/mol. The van der Waals surface area contributed by atoms with Crippen LogP contribution >= 0.6 is 0 Å². The summed E-state index contributed by atoms with van der Waals surface area (Å²) >= 11 is 0. The number of anilines is 2. The number of aliphatic carboxylic acids is 2. The van der Waals surface area contributed by atoms with E-state index in [1.54, 1.807) is 12.1 Å². The first-order valence-electron chi connectivity index (χ1n) is 24.7. The molecule has 6 aromatic carbocycles. The maximum atomic E-state index is 13.3. The van der Waals surface area contributed by atoms with E-state index in [0.29, 0.717) is 60.1 Å². The van der Waals surface area contributed by atoms with Gasteiger partial charge < -0.3 is 62.5 Å². The number of nitrogens with one attached hydrogen (secondary N) is 4. The Labute approximate surface area is 468 Å². The summed E-state index contributed by atoms with van der Waals surface area (Å²) in [6.45, 7) is 1.80. The minimum atomic E-state index is -5.19. The number of alkyl halides is 6. The third-order valence-corrected chi connectivity index (χ3v) is 12.3. The topological polar surface area (TPSA) is 300 Å². The largest absolute Gasteiger partial charge is 0.542 e. The summed E-state index contributed by atoms with van der Waals surface area (Å²) in [7, 11) is 12.7. The number of aromatic nitrogens is 2. The van der Waals surface area contributed by atoms with Crippen LogP contribution in [0.1, 0.15) is 54.4 Å². The number of hydrogen-bond donors (Lipinski definition) is 8. The molecule has 0 aliphatic heterocycles. The molecule has 0 unspecified atom stereocenters. The number of amidine groups is 2. The molecule has 0 aliphatic rings. The molecule has 0 bridgehead atoms. The first kappa shape index (κ1) is 63.2. The number of hydrogen-bond acceptors (Lipinski definition) is 10. The Bertz CT molecular complexity index is 3380. The van der Waals surface area contributed by atoms with Gasteiger partial charge in [0.05, 0.1) is 42.3 Å². The number of fused-ring (bicyclic) bond motifs is 2. The number of quaternary nitrogens is 2. The molecule has 0 atom stereocenters. The Morgan fingerprint density at radius 1 is 0.488 bits per heavy atom. The number of carbonyl (C=O) groups is 4. The molecular weight excluding hydrogens is 1070 g/mol. The Morgan fingerprint density at radius 2 is 0.805 bits per heavy atom. The number of nitrogens with zero attached hydrogens (tertiary/aromatic N) is 4. The van der Waals surface area contributed by atoms with Crippen molar-refractivity contribution in [3.05, 3.63) is 190 Å². The van der Waals surface area contributed by atoms with E-state index in [1.165, 1.54) is 11.4 Å². The highest BCUT2D eigenvalue weighted by atomic mass is 19.4. The normalized spacial score (nSPS) is 11.5. The van der Waals surface area contributed by atoms with Crippen molar-refractivity contribution in [2.45, 2.75) is 38.5 Å². The number of carboxylic acids is 2. The van der Waals surface area contributed by atoms with Crippen molar-refractivity contribution in [2.75, 3.05) is 53.8 Å². The van der Waals surface area contributed by atoms with Gasteiger partial charge in [0.1, 0.15) is 46.4 Å². The van der Waals surface area contributed by atoms with Crippen LogP contribution < -0.4 is 52.7 Å². The molecular formula is C58H62F6N12O6. The summed E-state index contributed by atoms with van der Waals surface area (Å²) < 4.78 is 68.5. The molecule has 8 aromatic rings. The third kappa shape index (κ3) is 17.7. The lowest BCUT2D eigenvalue weighted by molar-refractivity contribution is -0.344. The molecule has 2 aromatic heterocycles. The fourth-order valence-corrected chi connectivity index (χ4v) is 8.00. The zero-order chi connectivity index (χ0) is 61.1. The summed E-state index contributed by atoms with van der Waals surface area (Å²) in [5.74, 6) is -6.30. The van der Waals surface area contributed by atoms with Crippen LogP contribution in [0.4, 0.5) is 49.1 Å². The van der Waals surface area contributed by atoms with Crippen LogP contribution in [-0.2, 0) is 35.8 Å². The van der Waals surface area contributed by atoms with Crippen LogP contribution in [0.15, 0.2) is 146 Å². The van der Waals surface area contributed by atoms with Gasteiger partial charge in [-0.05, 0) is 107 Å². The smallest absolute Gasteiger partial charge is 0.430 e. The molecule has 8 rings (SSSR count). The van der Waals surface area contributed by atoms with Gasteiger partial charge in [-0.1, -0.05) is 60.7 Å². The highest BCUT2D eigenvalue weighted by Gasteiger charge is 2.29. The highest BCUT2D eigenvalue weighted by Crippen LogP contribution is 2.27. The van der Waals surface area contributed by atoms with Crippen LogP contribution in [-0.4, -0.2) is 99.2 Å². The summed E-state index contributed by atoms with van der Waals surface area (Å²) in [5, 5.41) is 40.9. The number of halogens is 6. The molecule has 0 saturated carbocycles. The van der Waals surface area contributed by atoms with Crippen LogP contribution in [0, 0.1) is 10.8 Å². The van der Waals surface area contributed by atoms with Gasteiger partial charge in [-0.25, -0.2) is 0 Å². The molecule has 0 spiro atoms. The Morgan fingerprint density at radius 3 is 1.09 bits per heavy atom. The first-order valence-corrected chi connectivity index (χ1v) is 24.7. The SMILES string of the molecule is C[N+](C)(C)c1ccc(CNC(=O)c2cc3cc(N)ccc3n2Cc2cccc(C(=N)N)c2)cc1.C[N+](C)(C)c1ccc(CNC(=O)c2cc3cc(N)ccc3n2Cc2cccc(C(=N)N)c2)cc1.O=C([O-])C(F)(F)F.O=C([O-])C(F)(F)F. The Hall–Kier alpha value is -9.68. The lowest BCUT2D eigenvalue weighted by Crippen LogP contribution is -2.37. The van der Waals surface area contributed by atoms with Crippen LogP contribution in [0.25, 0.3) is 21.8 Å². The van der Waals surface area contributed by atoms with Gasteiger partial charge in [-0.2, -0.15) is 26.3 Å². The number of nitrogens with two attached hydrogens (primary N) is 4.